The highest BCUT2D eigenvalue weighted by atomic mass is 32.2. The van der Waals surface area contributed by atoms with Gasteiger partial charge in [-0.2, -0.15) is 8.42 Å². The maximum atomic E-state index is 10.6. The van der Waals surface area contributed by atoms with Crippen LogP contribution in [0.5, 0.6) is 0 Å². The molecule has 2 N–H and O–H groups in total. The normalized spacial score (nSPS) is 13.7. The molecule has 1 unspecified atom stereocenters. The van der Waals surface area contributed by atoms with Gasteiger partial charge in [0, 0.05) is 0 Å². The topological polar surface area (TPSA) is 74.6 Å². The van der Waals surface area contributed by atoms with E-state index in [0.29, 0.717) is 6.26 Å². The molecule has 0 heterocycles. The molecule has 8 heteroatoms. The first-order valence-electron chi connectivity index (χ1n) is 2.17. The van der Waals surface area contributed by atoms with Crippen molar-refractivity contribution in [2.24, 2.45) is 0 Å². The van der Waals surface area contributed by atoms with E-state index in [1.165, 1.54) is 0 Å². The molecule has 0 fully saturated rings. The van der Waals surface area contributed by atoms with Gasteiger partial charge < -0.3 is 5.11 Å². The molecule has 0 bridgehead atoms. The van der Waals surface area contributed by atoms with Gasteiger partial charge in [-0.25, -0.2) is 13.2 Å². The lowest BCUT2D eigenvalue weighted by molar-refractivity contribution is -0.0843. The molecule has 0 spiro atoms. The Morgan fingerprint density at radius 3 is 1.36 bits per heavy atom. The highest BCUT2D eigenvalue weighted by Gasteiger charge is 2.12. The number of alkyl halides is 3. The van der Waals surface area contributed by atoms with E-state index in [9.17, 15) is 21.6 Å². The smallest absolute Gasteiger partial charge is 0.293 e. The average molecular weight is 196 g/mol. The van der Waals surface area contributed by atoms with Crippen LogP contribution in [0.3, 0.4) is 0 Å². The van der Waals surface area contributed by atoms with Gasteiger partial charge in [0.05, 0.1) is 6.26 Å². The first-order chi connectivity index (χ1) is 4.64. The summed E-state index contributed by atoms with van der Waals surface area (Å²) in [7, 11) is -3.67. The van der Waals surface area contributed by atoms with E-state index in [-0.39, 0.29) is 0 Å². The molecule has 0 aliphatic heterocycles. The Bertz CT molecular complexity index is 161. The van der Waals surface area contributed by atoms with Crippen LogP contribution in [0.1, 0.15) is 0 Å². The fraction of sp³-hybridized carbons (Fsp3) is 1.00. The van der Waals surface area contributed by atoms with E-state index in [1.54, 1.807) is 0 Å². The van der Waals surface area contributed by atoms with Crippen LogP contribution < -0.4 is 0 Å². The van der Waals surface area contributed by atoms with Crippen molar-refractivity contribution >= 4 is 10.1 Å². The molecule has 0 aromatic carbocycles. The SMILES string of the molecule is CS(=O)(=O)O.OC(F)C(F)F. The van der Waals surface area contributed by atoms with Gasteiger partial charge in [-0.1, -0.05) is 0 Å². The number of rotatable bonds is 1. The Hall–Kier alpha value is -0.340. The summed E-state index contributed by atoms with van der Waals surface area (Å²) in [6.45, 7) is 0. The van der Waals surface area contributed by atoms with Crippen LogP contribution in [0.4, 0.5) is 13.2 Å². The standard InChI is InChI=1S/C2H3F3O.CH4O3S/c3-1(4)2(5)6;1-5(2,3)4/h1-2,6H;1H3,(H,2,3,4). The zero-order valence-corrected chi connectivity index (χ0v) is 6.22. The van der Waals surface area contributed by atoms with Crippen LogP contribution in [0.25, 0.3) is 0 Å². The van der Waals surface area contributed by atoms with E-state index in [4.69, 9.17) is 9.66 Å². The Labute approximate surface area is 61.4 Å². The molecule has 70 valence electrons. The molecule has 0 saturated carbocycles. The number of hydrogen-bond donors (Lipinski definition) is 2. The summed E-state index contributed by atoms with van der Waals surface area (Å²) in [5, 5.41) is 7.21. The summed E-state index contributed by atoms with van der Waals surface area (Å²) in [5.74, 6) is 0. The molecule has 0 radical (unpaired) electrons. The zero-order valence-electron chi connectivity index (χ0n) is 5.41. The minimum Gasteiger partial charge on any atom is -0.360 e. The van der Waals surface area contributed by atoms with Crippen molar-refractivity contribution in [3.8, 4) is 0 Å². The maximum absolute atomic E-state index is 10.6. The lowest BCUT2D eigenvalue weighted by Crippen LogP contribution is -2.08. The average Bonchev–Trinajstić information content (AvgIpc) is 1.59. The fourth-order valence-electron chi connectivity index (χ4n) is 0. The van der Waals surface area contributed by atoms with Crippen LogP contribution in [0, 0.1) is 0 Å². The van der Waals surface area contributed by atoms with Gasteiger partial charge in [0.15, 0.2) is 0 Å². The predicted molar refractivity (Wildman–Crippen MR) is 30.6 cm³/mol. The van der Waals surface area contributed by atoms with Gasteiger partial charge >= 0.3 is 0 Å². The van der Waals surface area contributed by atoms with Crippen molar-refractivity contribution in [3.05, 3.63) is 0 Å². The summed E-state index contributed by atoms with van der Waals surface area (Å²) < 4.78 is 57.6. The molecule has 11 heavy (non-hydrogen) atoms. The van der Waals surface area contributed by atoms with E-state index >= 15 is 0 Å². The van der Waals surface area contributed by atoms with Crippen LogP contribution in [-0.2, 0) is 10.1 Å². The Kier molecular flexibility index (Phi) is 6.43. The molecule has 0 aromatic rings. The Balaban J connectivity index is 0. The zero-order chi connectivity index (χ0) is 9.65. The predicted octanol–water partition coefficient (Wildman–Crippen LogP) is 0.0434. The largest absolute Gasteiger partial charge is 0.360 e. The van der Waals surface area contributed by atoms with E-state index in [0.717, 1.165) is 0 Å². The van der Waals surface area contributed by atoms with E-state index < -0.39 is 22.9 Å². The molecule has 0 saturated heterocycles. The van der Waals surface area contributed by atoms with E-state index in [2.05, 4.69) is 0 Å². The first-order valence-corrected chi connectivity index (χ1v) is 4.02. The third kappa shape index (κ3) is 42.3. The number of aliphatic hydroxyl groups is 1. The highest BCUT2D eigenvalue weighted by Crippen LogP contribution is 1.98. The van der Waals surface area contributed by atoms with Crippen LogP contribution >= 0.6 is 0 Å². The third-order valence-electron chi connectivity index (χ3n) is 0.208. The molecular weight excluding hydrogens is 189 g/mol. The van der Waals surface area contributed by atoms with Gasteiger partial charge in [-0.3, -0.25) is 4.55 Å². The second kappa shape index (κ2) is 5.33. The van der Waals surface area contributed by atoms with Gasteiger partial charge in [-0.15, -0.1) is 0 Å². The summed E-state index contributed by atoms with van der Waals surface area (Å²) in [6, 6.07) is 0. The van der Waals surface area contributed by atoms with Gasteiger partial charge in [0.1, 0.15) is 0 Å². The number of halogens is 3. The minimum atomic E-state index is -3.67. The molecular formula is C3H7F3O4S. The molecule has 0 amide bonds. The molecule has 0 aliphatic carbocycles. The lowest BCUT2D eigenvalue weighted by atomic mass is 10.7. The van der Waals surface area contributed by atoms with Crippen molar-refractivity contribution in [1.82, 2.24) is 0 Å². The van der Waals surface area contributed by atoms with Gasteiger partial charge in [0.25, 0.3) is 22.9 Å². The van der Waals surface area contributed by atoms with E-state index in [1.807, 2.05) is 0 Å². The molecule has 1 atom stereocenters. The minimum absolute atomic E-state index is 0.715. The molecule has 0 aliphatic rings. The van der Waals surface area contributed by atoms with Crippen LogP contribution in [0.2, 0.25) is 0 Å². The van der Waals surface area contributed by atoms with Crippen molar-refractivity contribution in [2.75, 3.05) is 6.26 Å². The third-order valence-corrected chi connectivity index (χ3v) is 0.208. The Morgan fingerprint density at radius 2 is 1.36 bits per heavy atom. The lowest BCUT2D eigenvalue weighted by Gasteiger charge is -1.92. The summed E-state index contributed by atoms with van der Waals surface area (Å²) in [4.78, 5) is 0. The quantitative estimate of drug-likeness (QED) is 0.581. The first kappa shape index (κ1) is 13.3. The molecule has 0 rings (SSSR count). The van der Waals surface area contributed by atoms with Gasteiger partial charge in [0.2, 0.25) is 0 Å². The summed E-state index contributed by atoms with van der Waals surface area (Å²) >= 11 is 0. The highest BCUT2D eigenvalue weighted by molar-refractivity contribution is 7.85. The number of aliphatic hydroxyl groups excluding tert-OH is 1. The maximum Gasteiger partial charge on any atom is 0.293 e. The summed E-state index contributed by atoms with van der Waals surface area (Å²) in [6.07, 6.45) is -5.53. The van der Waals surface area contributed by atoms with Crippen molar-refractivity contribution in [1.29, 1.82) is 0 Å². The second-order valence-corrected chi connectivity index (χ2v) is 2.91. The summed E-state index contributed by atoms with van der Waals surface area (Å²) in [5.41, 5.74) is 0. The van der Waals surface area contributed by atoms with Crippen molar-refractivity contribution in [3.63, 3.8) is 0 Å². The fourth-order valence-corrected chi connectivity index (χ4v) is 0. The van der Waals surface area contributed by atoms with Crippen LogP contribution in [-0.4, -0.2) is 37.1 Å². The molecule has 0 aromatic heterocycles. The number of hydrogen-bond acceptors (Lipinski definition) is 3. The van der Waals surface area contributed by atoms with Gasteiger partial charge in [-0.05, 0) is 0 Å². The van der Waals surface area contributed by atoms with Crippen LogP contribution in [0.15, 0.2) is 0 Å². The second-order valence-electron chi connectivity index (χ2n) is 1.44. The van der Waals surface area contributed by atoms with Crippen molar-refractivity contribution < 1.29 is 31.2 Å². The molecule has 4 nitrogen and oxygen atoms in total. The van der Waals surface area contributed by atoms with Crippen molar-refractivity contribution in [2.45, 2.75) is 12.8 Å². The Morgan fingerprint density at radius 1 is 1.27 bits per heavy atom. The monoisotopic (exact) mass is 196 g/mol.